The highest BCUT2D eigenvalue weighted by Gasteiger charge is 2.12. The molecule has 0 unspecified atom stereocenters. The summed E-state index contributed by atoms with van der Waals surface area (Å²) < 4.78 is 1.18. The number of halogens is 1. The van der Waals surface area contributed by atoms with Crippen LogP contribution in [0.25, 0.3) is 0 Å². The predicted octanol–water partition coefficient (Wildman–Crippen LogP) is 1.74. The molecule has 1 aliphatic rings. The zero-order valence-electron chi connectivity index (χ0n) is 12.5. The Morgan fingerprint density at radius 1 is 1.14 bits per heavy atom. The van der Waals surface area contributed by atoms with Gasteiger partial charge in [-0.3, -0.25) is 4.90 Å². The molecule has 1 saturated heterocycles. The first-order valence-corrected chi connectivity index (χ1v) is 7.79. The minimum atomic E-state index is -1.82. The minimum absolute atomic E-state index is 1.08. The monoisotopic (exact) mass is 372 g/mol. The standard InChI is InChI=1S/C13H19BrN2.C2H2O4/c1-15-6-3-7-16(9-8-15)11-12-4-2-5-13(14)10-12;3-1(4)2(5)6/h2,4-5,10H,3,6-9,11H2,1H3;(H,3,4)(H,5,6). The molecule has 7 heteroatoms. The Morgan fingerprint density at radius 2 is 1.82 bits per heavy atom. The highest BCUT2D eigenvalue weighted by molar-refractivity contribution is 9.10. The van der Waals surface area contributed by atoms with Gasteiger partial charge in [0.15, 0.2) is 0 Å². The second-order valence-corrected chi connectivity index (χ2v) is 6.09. The van der Waals surface area contributed by atoms with Gasteiger partial charge in [-0.25, -0.2) is 9.59 Å². The maximum absolute atomic E-state index is 9.10. The van der Waals surface area contributed by atoms with Crippen molar-refractivity contribution in [1.82, 2.24) is 9.80 Å². The quantitative estimate of drug-likeness (QED) is 0.769. The van der Waals surface area contributed by atoms with Crippen LogP contribution in [0.2, 0.25) is 0 Å². The first-order chi connectivity index (χ1) is 10.4. The average molecular weight is 373 g/mol. The molecule has 1 heterocycles. The highest BCUT2D eigenvalue weighted by Crippen LogP contribution is 2.14. The Balaban J connectivity index is 0.000000346. The average Bonchev–Trinajstić information content (AvgIpc) is 2.64. The Kier molecular flexibility index (Phi) is 8.08. The molecule has 1 fully saturated rings. The van der Waals surface area contributed by atoms with Crippen molar-refractivity contribution in [2.24, 2.45) is 0 Å². The van der Waals surface area contributed by atoms with Crippen molar-refractivity contribution in [3.05, 3.63) is 34.3 Å². The Labute approximate surface area is 138 Å². The second kappa shape index (κ2) is 9.55. The number of carboxylic acids is 2. The van der Waals surface area contributed by atoms with E-state index in [2.05, 4.69) is 57.0 Å². The van der Waals surface area contributed by atoms with E-state index < -0.39 is 11.9 Å². The lowest BCUT2D eigenvalue weighted by Crippen LogP contribution is -2.28. The molecule has 0 aromatic heterocycles. The molecule has 0 saturated carbocycles. The van der Waals surface area contributed by atoms with Crippen LogP contribution in [0.3, 0.4) is 0 Å². The second-order valence-electron chi connectivity index (χ2n) is 5.17. The number of carbonyl (C=O) groups is 2. The number of hydrogen-bond acceptors (Lipinski definition) is 4. The summed E-state index contributed by atoms with van der Waals surface area (Å²) in [6.45, 7) is 5.90. The van der Waals surface area contributed by atoms with Crippen molar-refractivity contribution >= 4 is 27.9 Å². The first kappa shape index (κ1) is 18.6. The third-order valence-corrected chi connectivity index (χ3v) is 3.78. The fourth-order valence-corrected chi connectivity index (χ4v) is 2.60. The molecule has 1 aromatic rings. The number of likely N-dealkylation sites (N-methyl/N-ethyl adjacent to an activating group) is 1. The van der Waals surface area contributed by atoms with Crippen LogP contribution in [0.5, 0.6) is 0 Å². The van der Waals surface area contributed by atoms with Gasteiger partial charge in [-0.05, 0) is 44.3 Å². The predicted molar refractivity (Wildman–Crippen MR) is 86.8 cm³/mol. The molecular formula is C15H21BrN2O4. The van der Waals surface area contributed by atoms with E-state index in [0.29, 0.717) is 0 Å². The van der Waals surface area contributed by atoms with Crippen LogP contribution in [-0.2, 0) is 16.1 Å². The zero-order chi connectivity index (χ0) is 16.5. The van der Waals surface area contributed by atoms with Gasteiger partial charge in [0.2, 0.25) is 0 Å². The number of rotatable bonds is 2. The van der Waals surface area contributed by atoms with Crippen molar-refractivity contribution in [3.63, 3.8) is 0 Å². The maximum atomic E-state index is 9.10. The van der Waals surface area contributed by atoms with Crippen LogP contribution in [0.15, 0.2) is 28.7 Å². The summed E-state index contributed by atoms with van der Waals surface area (Å²) >= 11 is 3.53. The van der Waals surface area contributed by atoms with E-state index >= 15 is 0 Å². The van der Waals surface area contributed by atoms with Crippen LogP contribution in [0, 0.1) is 0 Å². The van der Waals surface area contributed by atoms with Gasteiger partial charge < -0.3 is 15.1 Å². The molecule has 0 bridgehead atoms. The summed E-state index contributed by atoms with van der Waals surface area (Å²) in [7, 11) is 2.21. The van der Waals surface area contributed by atoms with Crippen molar-refractivity contribution in [2.75, 3.05) is 33.2 Å². The summed E-state index contributed by atoms with van der Waals surface area (Å²) in [5.41, 5.74) is 1.40. The van der Waals surface area contributed by atoms with E-state index in [1.165, 1.54) is 42.6 Å². The summed E-state index contributed by atoms with van der Waals surface area (Å²) in [4.78, 5) is 23.2. The van der Waals surface area contributed by atoms with Gasteiger partial charge in [0.05, 0.1) is 0 Å². The van der Waals surface area contributed by atoms with Crippen LogP contribution >= 0.6 is 15.9 Å². The van der Waals surface area contributed by atoms with E-state index in [1.54, 1.807) is 0 Å². The topological polar surface area (TPSA) is 81.1 Å². The van der Waals surface area contributed by atoms with Gasteiger partial charge in [-0.1, -0.05) is 28.1 Å². The Bertz CT molecular complexity index is 498. The van der Waals surface area contributed by atoms with Crippen LogP contribution in [-0.4, -0.2) is 65.2 Å². The van der Waals surface area contributed by atoms with Gasteiger partial charge in [-0.2, -0.15) is 0 Å². The van der Waals surface area contributed by atoms with Crippen molar-refractivity contribution in [3.8, 4) is 0 Å². The van der Waals surface area contributed by atoms with E-state index in [4.69, 9.17) is 19.8 Å². The molecule has 0 spiro atoms. The number of aliphatic carboxylic acids is 2. The first-order valence-electron chi connectivity index (χ1n) is 7.00. The van der Waals surface area contributed by atoms with Crippen LogP contribution in [0.1, 0.15) is 12.0 Å². The molecule has 1 aliphatic heterocycles. The van der Waals surface area contributed by atoms with E-state index in [-0.39, 0.29) is 0 Å². The maximum Gasteiger partial charge on any atom is 0.414 e. The summed E-state index contributed by atoms with van der Waals surface area (Å²) in [5.74, 6) is -3.65. The number of benzene rings is 1. The largest absolute Gasteiger partial charge is 0.473 e. The molecule has 122 valence electrons. The number of carboxylic acid groups (broad SMARTS) is 2. The van der Waals surface area contributed by atoms with Crippen molar-refractivity contribution in [1.29, 1.82) is 0 Å². The molecule has 0 aliphatic carbocycles. The van der Waals surface area contributed by atoms with Crippen molar-refractivity contribution < 1.29 is 19.8 Å². The van der Waals surface area contributed by atoms with Gasteiger partial charge >= 0.3 is 11.9 Å². The molecular weight excluding hydrogens is 352 g/mol. The van der Waals surface area contributed by atoms with Crippen LogP contribution in [0.4, 0.5) is 0 Å². The van der Waals surface area contributed by atoms with Gasteiger partial charge in [0.1, 0.15) is 0 Å². The molecule has 2 N–H and O–H groups in total. The van der Waals surface area contributed by atoms with Gasteiger partial charge in [0, 0.05) is 24.1 Å². The fraction of sp³-hybridized carbons (Fsp3) is 0.467. The molecule has 1 aromatic carbocycles. The third kappa shape index (κ3) is 7.53. The van der Waals surface area contributed by atoms with E-state index in [0.717, 1.165) is 6.54 Å². The molecule has 2 rings (SSSR count). The Morgan fingerprint density at radius 3 is 2.41 bits per heavy atom. The SMILES string of the molecule is CN1CCCN(Cc2cccc(Br)c2)CC1.O=C(O)C(=O)O. The minimum Gasteiger partial charge on any atom is -0.473 e. The Hall–Kier alpha value is -1.44. The van der Waals surface area contributed by atoms with E-state index in [9.17, 15) is 0 Å². The lowest BCUT2D eigenvalue weighted by atomic mass is 10.2. The fourth-order valence-electron chi connectivity index (χ4n) is 2.15. The highest BCUT2D eigenvalue weighted by atomic mass is 79.9. The molecule has 0 amide bonds. The molecule has 0 atom stereocenters. The van der Waals surface area contributed by atoms with Gasteiger partial charge in [0.25, 0.3) is 0 Å². The summed E-state index contributed by atoms with van der Waals surface area (Å²) in [6.07, 6.45) is 1.28. The lowest BCUT2D eigenvalue weighted by molar-refractivity contribution is -0.159. The lowest BCUT2D eigenvalue weighted by Gasteiger charge is -2.20. The molecule has 6 nitrogen and oxygen atoms in total. The number of hydrogen-bond donors (Lipinski definition) is 2. The van der Waals surface area contributed by atoms with Crippen molar-refractivity contribution in [2.45, 2.75) is 13.0 Å². The molecule has 0 radical (unpaired) electrons. The molecule has 22 heavy (non-hydrogen) atoms. The van der Waals surface area contributed by atoms with E-state index in [1.807, 2.05) is 0 Å². The van der Waals surface area contributed by atoms with Gasteiger partial charge in [-0.15, -0.1) is 0 Å². The normalized spacial score (nSPS) is 16.3. The summed E-state index contributed by atoms with van der Waals surface area (Å²) in [6, 6.07) is 8.62. The summed E-state index contributed by atoms with van der Waals surface area (Å²) in [5, 5.41) is 14.8. The van der Waals surface area contributed by atoms with Crippen LogP contribution < -0.4 is 0 Å². The smallest absolute Gasteiger partial charge is 0.414 e. The number of nitrogens with zero attached hydrogens (tertiary/aromatic N) is 2. The third-order valence-electron chi connectivity index (χ3n) is 3.29. The zero-order valence-corrected chi connectivity index (χ0v) is 14.1.